The van der Waals surface area contributed by atoms with Gasteiger partial charge in [-0.05, 0) is 70.2 Å². The van der Waals surface area contributed by atoms with E-state index in [0.717, 1.165) is 38.6 Å². The average Bonchev–Trinajstić information content (AvgIpc) is 3.27. The quantitative estimate of drug-likeness (QED) is 0.839. The molecule has 2 unspecified atom stereocenters. The molecule has 2 heterocycles. The number of carbonyl (C=O) groups is 1. The van der Waals surface area contributed by atoms with E-state index in [1.165, 1.54) is 22.0 Å². The Morgan fingerprint density at radius 1 is 1.28 bits per heavy atom. The molecule has 2 fully saturated rings. The van der Waals surface area contributed by atoms with Crippen molar-refractivity contribution in [3.8, 4) is 0 Å². The Hall–Kier alpha value is -1.85. The van der Waals surface area contributed by atoms with Gasteiger partial charge in [0.05, 0.1) is 18.1 Å². The van der Waals surface area contributed by atoms with Crippen molar-refractivity contribution in [1.29, 1.82) is 0 Å². The number of likely N-dealkylation sites (N-methyl/N-ethyl adjacent to an activating group) is 1. The van der Waals surface area contributed by atoms with E-state index >= 15 is 0 Å². The fraction of sp³-hybridized carbons (Fsp3) is 0.625. The Morgan fingerprint density at radius 2 is 2.10 bits per heavy atom. The molecule has 0 radical (unpaired) electrons. The fourth-order valence-corrected chi connectivity index (χ4v) is 6.10. The minimum absolute atomic E-state index is 0.0157. The van der Waals surface area contributed by atoms with Gasteiger partial charge in [0.1, 0.15) is 0 Å². The molecule has 5 heteroatoms. The molecule has 0 spiro atoms. The van der Waals surface area contributed by atoms with Crippen LogP contribution >= 0.6 is 0 Å². The third-order valence-corrected chi connectivity index (χ3v) is 7.61. The van der Waals surface area contributed by atoms with E-state index in [-0.39, 0.29) is 24.0 Å². The van der Waals surface area contributed by atoms with Gasteiger partial charge < -0.3 is 19.9 Å². The number of aliphatic hydroxyl groups excluding tert-OH is 1. The van der Waals surface area contributed by atoms with E-state index < -0.39 is 0 Å². The minimum atomic E-state index is -0.380. The van der Waals surface area contributed by atoms with Gasteiger partial charge in [-0.25, -0.2) is 0 Å². The number of aromatic nitrogens is 1. The number of nitrogens with one attached hydrogen (secondary N) is 1. The zero-order valence-electron chi connectivity index (χ0n) is 17.8. The molecule has 1 aliphatic heterocycles. The number of hydrogen-bond donors (Lipinski definition) is 2. The summed E-state index contributed by atoms with van der Waals surface area (Å²) in [5, 5.41) is 14.7. The van der Waals surface area contributed by atoms with Gasteiger partial charge in [0, 0.05) is 41.6 Å². The summed E-state index contributed by atoms with van der Waals surface area (Å²) >= 11 is 0. The Bertz CT molecular complexity index is 934. The highest BCUT2D eigenvalue weighted by molar-refractivity contribution is 5.89. The van der Waals surface area contributed by atoms with Crippen molar-refractivity contribution in [2.75, 3.05) is 13.6 Å². The van der Waals surface area contributed by atoms with Crippen LogP contribution in [0.1, 0.15) is 62.6 Å². The molecule has 2 aromatic rings. The van der Waals surface area contributed by atoms with E-state index in [1.807, 2.05) is 0 Å². The Labute approximate surface area is 173 Å². The van der Waals surface area contributed by atoms with Crippen LogP contribution < -0.4 is 5.32 Å². The molecule has 3 aliphatic rings. The highest BCUT2D eigenvalue weighted by Crippen LogP contribution is 2.45. The first-order valence-corrected chi connectivity index (χ1v) is 11.2. The van der Waals surface area contributed by atoms with Gasteiger partial charge in [0.15, 0.2) is 0 Å². The van der Waals surface area contributed by atoms with Crippen LogP contribution in [0, 0.1) is 5.92 Å². The molecule has 1 amide bonds. The molecule has 5 rings (SSSR count). The van der Waals surface area contributed by atoms with Crippen LogP contribution in [0.5, 0.6) is 0 Å². The standard InChI is InChI=1S/C24H33N3O2/c1-14(2)27-13-15-11-21-18(17-6-4-8-20(27)23(15)17)10-16(12-26(21)3)24(29)25-19-7-5-9-22(19)28/h4,6,8,13-14,16,18-19,21-22,28H,5,7,9-12H2,1-3H3,(H,25,29)/t16-,18-,19?,21-,22?/m0/s1. The van der Waals surface area contributed by atoms with Crippen LogP contribution in [-0.4, -0.2) is 52.3 Å². The smallest absolute Gasteiger partial charge is 0.224 e. The lowest BCUT2D eigenvalue weighted by Crippen LogP contribution is -2.53. The number of likely N-dealkylation sites (tertiary alicyclic amines) is 1. The maximum atomic E-state index is 13.0. The summed E-state index contributed by atoms with van der Waals surface area (Å²) in [5.41, 5.74) is 4.20. The summed E-state index contributed by atoms with van der Waals surface area (Å²) in [6.07, 6.45) is 6.63. The third-order valence-electron chi connectivity index (χ3n) is 7.61. The fourth-order valence-electron chi connectivity index (χ4n) is 6.10. The first-order chi connectivity index (χ1) is 13.9. The number of benzene rings is 1. The maximum absolute atomic E-state index is 13.0. The number of hydrogen-bond acceptors (Lipinski definition) is 3. The molecule has 0 bridgehead atoms. The van der Waals surface area contributed by atoms with Crippen molar-refractivity contribution in [3.63, 3.8) is 0 Å². The third kappa shape index (κ3) is 3.10. The second-order valence-corrected chi connectivity index (χ2v) is 9.76. The summed E-state index contributed by atoms with van der Waals surface area (Å²) in [6, 6.07) is 7.53. The molecule has 29 heavy (non-hydrogen) atoms. The molecule has 156 valence electrons. The maximum Gasteiger partial charge on any atom is 0.224 e. The number of fused-ring (bicyclic) bond motifs is 2. The van der Waals surface area contributed by atoms with E-state index in [4.69, 9.17) is 0 Å². The highest BCUT2D eigenvalue weighted by Gasteiger charge is 2.42. The topological polar surface area (TPSA) is 57.5 Å². The number of nitrogens with zero attached hydrogens (tertiary/aromatic N) is 2. The molecule has 1 aromatic heterocycles. The van der Waals surface area contributed by atoms with Crippen molar-refractivity contribution in [2.24, 2.45) is 5.92 Å². The lowest BCUT2D eigenvalue weighted by molar-refractivity contribution is -0.128. The Balaban J connectivity index is 1.45. The van der Waals surface area contributed by atoms with Crippen molar-refractivity contribution < 1.29 is 9.90 Å². The Kier molecular flexibility index (Phi) is 4.71. The summed E-state index contributed by atoms with van der Waals surface area (Å²) in [5.74, 6) is 0.495. The van der Waals surface area contributed by atoms with Crippen LogP contribution in [0.4, 0.5) is 0 Å². The second kappa shape index (κ2) is 7.13. The van der Waals surface area contributed by atoms with Crippen molar-refractivity contribution in [3.05, 3.63) is 35.5 Å². The van der Waals surface area contributed by atoms with Gasteiger partial charge in [-0.15, -0.1) is 0 Å². The largest absolute Gasteiger partial charge is 0.391 e. The predicted octanol–water partition coefficient (Wildman–Crippen LogP) is 3.21. The van der Waals surface area contributed by atoms with E-state index in [0.29, 0.717) is 18.0 Å². The highest BCUT2D eigenvalue weighted by atomic mass is 16.3. The van der Waals surface area contributed by atoms with Crippen LogP contribution in [0.2, 0.25) is 0 Å². The lowest BCUT2D eigenvalue weighted by Gasteiger charge is -2.45. The van der Waals surface area contributed by atoms with E-state index in [9.17, 15) is 9.90 Å². The van der Waals surface area contributed by atoms with Gasteiger partial charge in [0.25, 0.3) is 0 Å². The summed E-state index contributed by atoms with van der Waals surface area (Å²) in [4.78, 5) is 15.4. The minimum Gasteiger partial charge on any atom is -0.391 e. The molecule has 1 saturated heterocycles. The molecule has 2 aliphatic carbocycles. The monoisotopic (exact) mass is 395 g/mol. The van der Waals surface area contributed by atoms with Crippen LogP contribution in [0.15, 0.2) is 24.4 Å². The lowest BCUT2D eigenvalue weighted by atomic mass is 9.72. The number of amides is 1. The van der Waals surface area contributed by atoms with E-state index in [1.54, 1.807) is 0 Å². The second-order valence-electron chi connectivity index (χ2n) is 9.76. The summed E-state index contributed by atoms with van der Waals surface area (Å²) in [6.45, 7) is 5.28. The van der Waals surface area contributed by atoms with Gasteiger partial charge in [-0.2, -0.15) is 0 Å². The molecule has 5 nitrogen and oxygen atoms in total. The predicted molar refractivity (Wildman–Crippen MR) is 115 cm³/mol. The number of rotatable bonds is 3. The number of piperidine rings is 1. The van der Waals surface area contributed by atoms with Gasteiger partial charge in [-0.1, -0.05) is 12.1 Å². The molecule has 1 aromatic carbocycles. The molecular formula is C24H33N3O2. The SMILES string of the molecule is CC(C)n1cc2c3c(cccc31)[C@@H]1C[C@H](C(=O)NC3CCCC3O)CN(C)[C@H]1C2. The van der Waals surface area contributed by atoms with Crippen molar-refractivity contribution >= 4 is 16.8 Å². The first kappa shape index (κ1) is 19.1. The molecule has 1 saturated carbocycles. The van der Waals surface area contributed by atoms with Crippen LogP contribution in [0.25, 0.3) is 10.9 Å². The Morgan fingerprint density at radius 3 is 2.83 bits per heavy atom. The molecule has 5 atom stereocenters. The van der Waals surface area contributed by atoms with Gasteiger partial charge in [0.2, 0.25) is 5.91 Å². The summed E-state index contributed by atoms with van der Waals surface area (Å²) < 4.78 is 2.40. The normalized spacial score (nSPS) is 32.0. The van der Waals surface area contributed by atoms with Crippen LogP contribution in [-0.2, 0) is 11.2 Å². The van der Waals surface area contributed by atoms with Gasteiger partial charge >= 0.3 is 0 Å². The van der Waals surface area contributed by atoms with Gasteiger partial charge in [-0.3, -0.25) is 4.79 Å². The molecule has 2 N–H and O–H groups in total. The average molecular weight is 396 g/mol. The van der Waals surface area contributed by atoms with Crippen molar-refractivity contribution in [2.45, 2.75) is 76.1 Å². The number of aliphatic hydroxyl groups is 1. The summed E-state index contributed by atoms with van der Waals surface area (Å²) in [7, 11) is 2.17. The first-order valence-electron chi connectivity index (χ1n) is 11.2. The van der Waals surface area contributed by atoms with Crippen LogP contribution in [0.3, 0.4) is 0 Å². The zero-order valence-corrected chi connectivity index (χ0v) is 17.8. The van der Waals surface area contributed by atoms with Crippen molar-refractivity contribution in [1.82, 2.24) is 14.8 Å². The number of carbonyl (C=O) groups excluding carboxylic acids is 1. The van der Waals surface area contributed by atoms with E-state index in [2.05, 4.69) is 60.1 Å². The zero-order chi connectivity index (χ0) is 20.3. The molecular weight excluding hydrogens is 362 g/mol.